The van der Waals surface area contributed by atoms with Gasteiger partial charge in [-0.15, -0.1) is 0 Å². The molecule has 0 unspecified atom stereocenters. The van der Waals surface area contributed by atoms with Crippen molar-refractivity contribution >= 4 is 17.6 Å². The van der Waals surface area contributed by atoms with Crippen molar-refractivity contribution < 1.29 is 23.5 Å². The first-order valence-electron chi connectivity index (χ1n) is 7.88. The van der Waals surface area contributed by atoms with Gasteiger partial charge in [0.15, 0.2) is 13.2 Å². The lowest BCUT2D eigenvalue weighted by molar-refractivity contribution is -0.149. The molecule has 1 N–H and O–H groups in total. The summed E-state index contributed by atoms with van der Waals surface area (Å²) in [6.45, 7) is 3.34. The number of carbonyl (C=O) groups excluding carboxylic acids is 2. The Balaban J connectivity index is 1.73. The van der Waals surface area contributed by atoms with Crippen LogP contribution in [-0.2, 0) is 14.3 Å². The van der Waals surface area contributed by atoms with E-state index in [1.54, 1.807) is 18.2 Å². The fraction of sp³-hybridized carbons (Fsp3) is 0.263. The first-order valence-corrected chi connectivity index (χ1v) is 7.88. The van der Waals surface area contributed by atoms with Gasteiger partial charge in [0.2, 0.25) is 0 Å². The lowest BCUT2D eigenvalue weighted by atomic mass is 10.0. The number of para-hydroxylation sites is 1. The highest BCUT2D eigenvalue weighted by Crippen LogP contribution is 2.18. The Bertz CT molecular complexity index is 728. The standard InChI is InChI=1S/C19H20FNO4/c1-13(2)14-7-9-15(10-8-14)24-12-19(23)25-11-18(22)21-17-6-4-3-5-16(17)20/h3-10,13H,11-12H2,1-2H3,(H,21,22). The van der Waals surface area contributed by atoms with Crippen LogP contribution in [0.3, 0.4) is 0 Å². The van der Waals surface area contributed by atoms with E-state index < -0.39 is 24.3 Å². The van der Waals surface area contributed by atoms with E-state index >= 15 is 0 Å². The number of halogens is 1. The lowest BCUT2D eigenvalue weighted by Gasteiger charge is -2.09. The molecule has 25 heavy (non-hydrogen) atoms. The van der Waals surface area contributed by atoms with Crippen LogP contribution < -0.4 is 10.1 Å². The number of nitrogens with one attached hydrogen (secondary N) is 1. The second-order valence-electron chi connectivity index (χ2n) is 5.70. The summed E-state index contributed by atoms with van der Waals surface area (Å²) < 4.78 is 23.5. The van der Waals surface area contributed by atoms with Gasteiger partial charge in [-0.05, 0) is 35.7 Å². The van der Waals surface area contributed by atoms with Crippen molar-refractivity contribution in [1.82, 2.24) is 0 Å². The average Bonchev–Trinajstić information content (AvgIpc) is 2.60. The van der Waals surface area contributed by atoms with Gasteiger partial charge < -0.3 is 14.8 Å². The zero-order valence-electron chi connectivity index (χ0n) is 14.1. The molecule has 0 bridgehead atoms. The normalized spacial score (nSPS) is 10.4. The van der Waals surface area contributed by atoms with Crippen molar-refractivity contribution in [3.63, 3.8) is 0 Å². The van der Waals surface area contributed by atoms with Crippen LogP contribution in [-0.4, -0.2) is 25.1 Å². The molecule has 1 amide bonds. The first-order chi connectivity index (χ1) is 12.0. The van der Waals surface area contributed by atoms with Crippen LogP contribution in [0.25, 0.3) is 0 Å². The summed E-state index contributed by atoms with van der Waals surface area (Å²) in [6.07, 6.45) is 0. The van der Waals surface area contributed by atoms with Crippen molar-refractivity contribution in [3.05, 3.63) is 59.9 Å². The summed E-state index contributed by atoms with van der Waals surface area (Å²) >= 11 is 0. The molecule has 0 radical (unpaired) electrons. The third kappa shape index (κ3) is 5.91. The predicted octanol–water partition coefficient (Wildman–Crippen LogP) is 3.51. The van der Waals surface area contributed by atoms with E-state index in [0.29, 0.717) is 11.7 Å². The Morgan fingerprint density at radius 2 is 1.72 bits per heavy atom. The molecule has 0 saturated heterocycles. The van der Waals surface area contributed by atoms with E-state index in [0.717, 1.165) is 0 Å². The molecule has 0 atom stereocenters. The third-order valence-corrected chi connectivity index (χ3v) is 3.42. The Kier molecular flexibility index (Phi) is 6.51. The van der Waals surface area contributed by atoms with Gasteiger partial charge in [0, 0.05) is 0 Å². The molecule has 0 aliphatic rings. The Morgan fingerprint density at radius 3 is 2.36 bits per heavy atom. The molecule has 0 aliphatic carbocycles. The summed E-state index contributed by atoms with van der Waals surface area (Å²) in [4.78, 5) is 23.3. The third-order valence-electron chi connectivity index (χ3n) is 3.42. The van der Waals surface area contributed by atoms with Crippen LogP contribution in [0.5, 0.6) is 5.75 Å². The molecule has 0 saturated carbocycles. The molecule has 6 heteroatoms. The maximum atomic E-state index is 13.4. The number of amides is 1. The van der Waals surface area contributed by atoms with Gasteiger partial charge in [-0.25, -0.2) is 9.18 Å². The molecule has 0 spiro atoms. The Labute approximate surface area is 145 Å². The number of ether oxygens (including phenoxy) is 2. The van der Waals surface area contributed by atoms with Crippen LogP contribution in [0.15, 0.2) is 48.5 Å². The smallest absolute Gasteiger partial charge is 0.344 e. The second kappa shape index (κ2) is 8.82. The number of benzene rings is 2. The molecule has 2 aromatic carbocycles. The van der Waals surface area contributed by atoms with E-state index in [9.17, 15) is 14.0 Å². The molecular weight excluding hydrogens is 325 g/mol. The molecule has 5 nitrogen and oxygen atoms in total. The van der Waals surface area contributed by atoms with Gasteiger partial charge in [0.25, 0.3) is 5.91 Å². The van der Waals surface area contributed by atoms with E-state index in [1.807, 2.05) is 12.1 Å². The minimum absolute atomic E-state index is 0.0324. The Hall–Kier alpha value is -2.89. The van der Waals surface area contributed by atoms with E-state index in [-0.39, 0.29) is 12.3 Å². The molecule has 2 aromatic rings. The first kappa shape index (κ1) is 18.4. The molecule has 0 heterocycles. The van der Waals surface area contributed by atoms with E-state index in [4.69, 9.17) is 9.47 Å². The molecular formula is C19H20FNO4. The number of anilines is 1. The van der Waals surface area contributed by atoms with Crippen molar-refractivity contribution in [2.45, 2.75) is 19.8 Å². The van der Waals surface area contributed by atoms with E-state index in [1.165, 1.54) is 23.8 Å². The maximum absolute atomic E-state index is 13.4. The quantitative estimate of drug-likeness (QED) is 0.780. The fourth-order valence-electron chi connectivity index (χ4n) is 2.03. The maximum Gasteiger partial charge on any atom is 0.344 e. The van der Waals surface area contributed by atoms with Crippen LogP contribution in [0.4, 0.5) is 10.1 Å². The summed E-state index contributed by atoms with van der Waals surface area (Å²) in [6, 6.07) is 13.1. The van der Waals surface area contributed by atoms with Crippen LogP contribution in [0.1, 0.15) is 25.3 Å². The summed E-state index contributed by atoms with van der Waals surface area (Å²) in [5.74, 6) is -0.921. The van der Waals surface area contributed by atoms with Crippen molar-refractivity contribution in [2.24, 2.45) is 0 Å². The van der Waals surface area contributed by atoms with Crippen molar-refractivity contribution in [3.8, 4) is 5.75 Å². The minimum Gasteiger partial charge on any atom is -0.482 e. The van der Waals surface area contributed by atoms with Crippen LogP contribution in [0.2, 0.25) is 0 Å². The van der Waals surface area contributed by atoms with Gasteiger partial charge in [0.05, 0.1) is 5.69 Å². The van der Waals surface area contributed by atoms with Crippen molar-refractivity contribution in [2.75, 3.05) is 18.5 Å². The monoisotopic (exact) mass is 345 g/mol. The number of hydrogen-bond donors (Lipinski definition) is 1. The highest BCUT2D eigenvalue weighted by atomic mass is 19.1. The van der Waals surface area contributed by atoms with Crippen LogP contribution >= 0.6 is 0 Å². The number of rotatable bonds is 7. The molecule has 0 aliphatic heterocycles. The molecule has 2 rings (SSSR count). The van der Waals surface area contributed by atoms with Gasteiger partial charge in [-0.1, -0.05) is 38.1 Å². The van der Waals surface area contributed by atoms with Gasteiger partial charge in [-0.3, -0.25) is 4.79 Å². The van der Waals surface area contributed by atoms with Gasteiger partial charge >= 0.3 is 5.97 Å². The zero-order valence-corrected chi connectivity index (χ0v) is 14.1. The van der Waals surface area contributed by atoms with E-state index in [2.05, 4.69) is 19.2 Å². The predicted molar refractivity (Wildman–Crippen MR) is 92.0 cm³/mol. The minimum atomic E-state index is -0.684. The van der Waals surface area contributed by atoms with Gasteiger partial charge in [-0.2, -0.15) is 0 Å². The fourth-order valence-corrected chi connectivity index (χ4v) is 2.03. The van der Waals surface area contributed by atoms with Crippen molar-refractivity contribution in [1.29, 1.82) is 0 Å². The lowest BCUT2D eigenvalue weighted by Crippen LogP contribution is -2.24. The van der Waals surface area contributed by atoms with Gasteiger partial charge in [0.1, 0.15) is 11.6 Å². The Morgan fingerprint density at radius 1 is 1.04 bits per heavy atom. The summed E-state index contributed by atoms with van der Waals surface area (Å²) in [5.41, 5.74) is 1.20. The number of esters is 1. The second-order valence-corrected chi connectivity index (χ2v) is 5.70. The van der Waals surface area contributed by atoms with Crippen LogP contribution in [0, 0.1) is 5.82 Å². The summed E-state index contributed by atoms with van der Waals surface area (Å²) in [5, 5.41) is 2.32. The molecule has 132 valence electrons. The topological polar surface area (TPSA) is 64.6 Å². The largest absolute Gasteiger partial charge is 0.482 e. The molecule has 0 fully saturated rings. The highest BCUT2D eigenvalue weighted by Gasteiger charge is 2.10. The average molecular weight is 345 g/mol. The molecule has 0 aromatic heterocycles. The summed E-state index contributed by atoms with van der Waals surface area (Å²) in [7, 11) is 0. The highest BCUT2D eigenvalue weighted by molar-refractivity contribution is 5.92. The SMILES string of the molecule is CC(C)c1ccc(OCC(=O)OCC(=O)Nc2ccccc2F)cc1. The zero-order chi connectivity index (χ0) is 18.2. The number of carbonyl (C=O) groups is 2. The number of hydrogen-bond acceptors (Lipinski definition) is 4.